The molecule has 3 rings (SSSR count). The van der Waals surface area contributed by atoms with Crippen LogP contribution in [0.4, 0.5) is 5.69 Å². The van der Waals surface area contributed by atoms with E-state index in [1.165, 1.54) is 15.4 Å². The Morgan fingerprint density at radius 2 is 1.86 bits per heavy atom. The molecule has 0 saturated heterocycles. The van der Waals surface area contributed by atoms with Gasteiger partial charge in [-0.1, -0.05) is 35.9 Å². The standard InChI is InChI=1S/C21H26N2O4S2/c1-15-4-7-17(8-5-15)14-28-11-10-22-21(24)20-13-23(29(3,25)26)18-12-16(2)6-9-19(18)27-20/h4-9,12,20H,10-11,13-14H2,1-3H3,(H,22,24)/t20-/m1/s1. The maximum absolute atomic E-state index is 12.6. The normalized spacial score (nSPS) is 16.1. The highest BCUT2D eigenvalue weighted by Crippen LogP contribution is 2.35. The Labute approximate surface area is 176 Å². The third-order valence-electron chi connectivity index (χ3n) is 4.61. The van der Waals surface area contributed by atoms with Gasteiger partial charge in [0.1, 0.15) is 5.75 Å². The van der Waals surface area contributed by atoms with Gasteiger partial charge in [0, 0.05) is 18.1 Å². The van der Waals surface area contributed by atoms with Crippen molar-refractivity contribution < 1.29 is 17.9 Å². The van der Waals surface area contributed by atoms with Gasteiger partial charge in [0.2, 0.25) is 10.0 Å². The van der Waals surface area contributed by atoms with Gasteiger partial charge in [-0.2, -0.15) is 11.8 Å². The highest BCUT2D eigenvalue weighted by atomic mass is 32.2. The van der Waals surface area contributed by atoms with Crippen molar-refractivity contribution in [3.63, 3.8) is 0 Å². The van der Waals surface area contributed by atoms with Gasteiger partial charge in [-0.25, -0.2) is 8.42 Å². The molecule has 0 aliphatic carbocycles. The van der Waals surface area contributed by atoms with Crippen LogP contribution < -0.4 is 14.4 Å². The summed E-state index contributed by atoms with van der Waals surface area (Å²) in [5, 5.41) is 2.86. The van der Waals surface area contributed by atoms with Gasteiger partial charge in [0.05, 0.1) is 18.5 Å². The summed E-state index contributed by atoms with van der Waals surface area (Å²) in [6.07, 6.45) is 0.267. The predicted octanol–water partition coefficient (Wildman–Crippen LogP) is 2.88. The number of anilines is 1. The van der Waals surface area contributed by atoms with Crippen LogP contribution >= 0.6 is 11.8 Å². The molecule has 1 aliphatic heterocycles. The average Bonchev–Trinajstić information content (AvgIpc) is 2.67. The van der Waals surface area contributed by atoms with Crippen molar-refractivity contribution in [3.8, 4) is 5.75 Å². The summed E-state index contributed by atoms with van der Waals surface area (Å²) in [4.78, 5) is 12.6. The first-order chi connectivity index (χ1) is 13.7. The van der Waals surface area contributed by atoms with Crippen LogP contribution in [0.2, 0.25) is 0 Å². The lowest BCUT2D eigenvalue weighted by molar-refractivity contribution is -0.127. The number of nitrogens with one attached hydrogen (secondary N) is 1. The molecule has 0 radical (unpaired) electrons. The zero-order valence-corrected chi connectivity index (χ0v) is 18.5. The molecule has 0 saturated carbocycles. The van der Waals surface area contributed by atoms with Gasteiger partial charge < -0.3 is 10.1 Å². The Morgan fingerprint density at radius 3 is 2.55 bits per heavy atom. The number of nitrogens with zero attached hydrogens (tertiary/aromatic N) is 1. The first kappa shape index (κ1) is 21.5. The Morgan fingerprint density at radius 1 is 1.17 bits per heavy atom. The molecule has 0 fully saturated rings. The van der Waals surface area contributed by atoms with Gasteiger partial charge in [-0.3, -0.25) is 9.10 Å². The number of aryl methyl sites for hydroxylation is 2. The first-order valence-corrected chi connectivity index (χ1v) is 12.4. The zero-order valence-electron chi connectivity index (χ0n) is 16.8. The van der Waals surface area contributed by atoms with Crippen LogP contribution in [0.5, 0.6) is 5.75 Å². The molecule has 1 heterocycles. The summed E-state index contributed by atoms with van der Waals surface area (Å²) in [5.74, 6) is 1.74. The van der Waals surface area contributed by atoms with Crippen LogP contribution in [0, 0.1) is 13.8 Å². The fraction of sp³-hybridized carbons (Fsp3) is 0.381. The third-order valence-corrected chi connectivity index (χ3v) is 6.79. The lowest BCUT2D eigenvalue weighted by atomic mass is 10.1. The summed E-state index contributed by atoms with van der Waals surface area (Å²) < 4.78 is 31.5. The minimum atomic E-state index is -3.52. The number of ether oxygens (including phenoxy) is 1. The van der Waals surface area contributed by atoms with Crippen molar-refractivity contribution in [2.24, 2.45) is 0 Å². The second-order valence-corrected chi connectivity index (χ2v) is 10.2. The molecule has 156 valence electrons. The fourth-order valence-corrected chi connectivity index (χ4v) is 4.77. The van der Waals surface area contributed by atoms with Gasteiger partial charge in [0.15, 0.2) is 6.10 Å². The number of sulfonamides is 1. The molecule has 29 heavy (non-hydrogen) atoms. The lowest BCUT2D eigenvalue weighted by Gasteiger charge is -2.34. The van der Waals surface area contributed by atoms with E-state index < -0.39 is 16.1 Å². The number of carbonyl (C=O) groups is 1. The SMILES string of the molecule is Cc1ccc(CSCCNC(=O)[C@H]2CN(S(C)(=O)=O)c3cc(C)ccc3O2)cc1. The maximum atomic E-state index is 12.6. The number of hydrogen-bond donors (Lipinski definition) is 1. The third kappa shape index (κ3) is 5.67. The number of hydrogen-bond acceptors (Lipinski definition) is 5. The van der Waals surface area contributed by atoms with E-state index in [0.29, 0.717) is 18.0 Å². The van der Waals surface area contributed by atoms with Crippen molar-refractivity contribution >= 4 is 33.4 Å². The fourth-order valence-electron chi connectivity index (χ4n) is 3.05. The Kier molecular flexibility index (Phi) is 6.74. The van der Waals surface area contributed by atoms with Crippen molar-refractivity contribution in [1.29, 1.82) is 0 Å². The van der Waals surface area contributed by atoms with E-state index in [9.17, 15) is 13.2 Å². The van der Waals surface area contributed by atoms with Crippen LogP contribution in [0.1, 0.15) is 16.7 Å². The van der Waals surface area contributed by atoms with E-state index in [1.807, 2.05) is 13.0 Å². The number of thioether (sulfide) groups is 1. The van der Waals surface area contributed by atoms with Gasteiger partial charge in [-0.05, 0) is 37.1 Å². The molecule has 1 atom stereocenters. The number of carbonyl (C=O) groups excluding carboxylic acids is 1. The van der Waals surface area contributed by atoms with Crippen LogP contribution in [0.3, 0.4) is 0 Å². The molecular formula is C21H26N2O4S2. The van der Waals surface area contributed by atoms with E-state index in [0.717, 1.165) is 23.3 Å². The van der Waals surface area contributed by atoms with E-state index in [4.69, 9.17) is 4.74 Å². The smallest absolute Gasteiger partial charge is 0.263 e. The van der Waals surface area contributed by atoms with Crippen molar-refractivity contribution in [2.75, 3.05) is 29.4 Å². The molecule has 8 heteroatoms. The van der Waals surface area contributed by atoms with Crippen molar-refractivity contribution in [2.45, 2.75) is 25.7 Å². The monoisotopic (exact) mass is 434 g/mol. The molecule has 0 bridgehead atoms. The van der Waals surface area contributed by atoms with E-state index in [2.05, 4.69) is 36.5 Å². The molecule has 1 aliphatic rings. The second-order valence-electron chi connectivity index (χ2n) is 7.20. The maximum Gasteiger partial charge on any atom is 0.263 e. The summed E-state index contributed by atoms with van der Waals surface area (Å²) in [7, 11) is -3.52. The Balaban J connectivity index is 1.54. The number of fused-ring (bicyclic) bond motifs is 1. The van der Waals surface area contributed by atoms with Crippen LogP contribution in [-0.2, 0) is 20.6 Å². The van der Waals surface area contributed by atoms with Crippen molar-refractivity contribution in [3.05, 3.63) is 59.2 Å². The Hall–Kier alpha value is -2.19. The molecule has 1 N–H and O–H groups in total. The molecule has 0 aromatic heterocycles. The van der Waals surface area contributed by atoms with Gasteiger partial charge >= 0.3 is 0 Å². The average molecular weight is 435 g/mol. The minimum absolute atomic E-state index is 0.0301. The summed E-state index contributed by atoms with van der Waals surface area (Å²) in [5.41, 5.74) is 3.89. The predicted molar refractivity (Wildman–Crippen MR) is 118 cm³/mol. The van der Waals surface area contributed by atoms with Crippen LogP contribution in [0.15, 0.2) is 42.5 Å². The Bertz CT molecular complexity index is 975. The van der Waals surface area contributed by atoms with Crippen LogP contribution in [0.25, 0.3) is 0 Å². The van der Waals surface area contributed by atoms with E-state index >= 15 is 0 Å². The number of rotatable bonds is 7. The zero-order chi connectivity index (χ0) is 21.0. The summed E-state index contributed by atoms with van der Waals surface area (Å²) in [6, 6.07) is 13.7. The van der Waals surface area contributed by atoms with Crippen LogP contribution in [-0.4, -0.2) is 45.5 Å². The number of benzene rings is 2. The lowest BCUT2D eigenvalue weighted by Crippen LogP contribution is -2.50. The topological polar surface area (TPSA) is 75.7 Å². The van der Waals surface area contributed by atoms with Gasteiger partial charge in [-0.15, -0.1) is 0 Å². The minimum Gasteiger partial charge on any atom is -0.476 e. The van der Waals surface area contributed by atoms with E-state index in [-0.39, 0.29) is 12.5 Å². The first-order valence-electron chi connectivity index (χ1n) is 9.40. The number of amides is 1. The molecule has 6 nitrogen and oxygen atoms in total. The highest BCUT2D eigenvalue weighted by Gasteiger charge is 2.34. The second kappa shape index (κ2) is 9.09. The highest BCUT2D eigenvalue weighted by molar-refractivity contribution is 7.98. The quantitative estimate of drug-likeness (QED) is 0.678. The van der Waals surface area contributed by atoms with Gasteiger partial charge in [0.25, 0.3) is 5.91 Å². The largest absolute Gasteiger partial charge is 0.476 e. The molecule has 0 spiro atoms. The molecule has 0 unspecified atom stereocenters. The molecule has 2 aromatic carbocycles. The van der Waals surface area contributed by atoms with E-state index in [1.54, 1.807) is 23.9 Å². The summed E-state index contributed by atoms with van der Waals surface area (Å²) >= 11 is 1.73. The molecule has 2 aromatic rings. The summed E-state index contributed by atoms with van der Waals surface area (Å²) in [6.45, 7) is 4.41. The molecule has 1 amide bonds. The molecular weight excluding hydrogens is 408 g/mol. The van der Waals surface area contributed by atoms with Crippen molar-refractivity contribution in [1.82, 2.24) is 5.32 Å².